The fourth-order valence-corrected chi connectivity index (χ4v) is 3.93. The van der Waals surface area contributed by atoms with Gasteiger partial charge in [-0.25, -0.2) is 4.79 Å². The number of carbonyl (C=O) groups is 1. The third kappa shape index (κ3) is 2.97. The Kier molecular flexibility index (Phi) is 3.94. The maximum Gasteiger partial charge on any atom is 0.338 e. The lowest BCUT2D eigenvalue weighted by atomic mass is 9.90. The molecule has 9 nitrogen and oxygen atoms in total. The van der Waals surface area contributed by atoms with E-state index in [4.69, 9.17) is 28.4 Å². The second-order valence-corrected chi connectivity index (χ2v) is 7.86. The zero-order valence-corrected chi connectivity index (χ0v) is 14.6. The summed E-state index contributed by atoms with van der Waals surface area (Å²) in [7, 11) is 0. The number of hydrogen-bond acceptors (Lipinski definition) is 9. The van der Waals surface area contributed by atoms with Gasteiger partial charge in [0.25, 0.3) is 0 Å². The van der Waals surface area contributed by atoms with Gasteiger partial charge in [0.1, 0.15) is 30.5 Å². The van der Waals surface area contributed by atoms with Crippen molar-refractivity contribution < 1.29 is 43.4 Å². The summed E-state index contributed by atoms with van der Waals surface area (Å²) in [4.78, 5) is 11.8. The molecule has 0 aliphatic carbocycles. The standard InChI is InChI=1S/C16H24O9/c1-15(2)22-10-9(7-5-6(17)8(18)13(19)20-7)21-14-12(11(10)23-15)24-16(3,4)25-14/h6-12,14,17-18H,5H2,1-4H3/t6-,7+,8-,9+,10-,11-,12+,14+/m0/s1. The van der Waals surface area contributed by atoms with Gasteiger partial charge in [0.05, 0.1) is 6.10 Å². The smallest absolute Gasteiger partial charge is 0.338 e. The number of hydrogen-bond donors (Lipinski definition) is 2. The highest BCUT2D eigenvalue weighted by Gasteiger charge is 2.63. The van der Waals surface area contributed by atoms with E-state index in [0.29, 0.717) is 0 Å². The predicted molar refractivity (Wildman–Crippen MR) is 79.0 cm³/mol. The van der Waals surface area contributed by atoms with Crippen molar-refractivity contribution in [3.63, 3.8) is 0 Å². The van der Waals surface area contributed by atoms with Crippen LogP contribution in [0, 0.1) is 0 Å². The van der Waals surface area contributed by atoms with Gasteiger partial charge < -0.3 is 38.6 Å². The van der Waals surface area contributed by atoms with E-state index < -0.39 is 66.6 Å². The molecule has 0 spiro atoms. The average molecular weight is 360 g/mol. The number of cyclic esters (lactones) is 1. The number of esters is 1. The Morgan fingerprint density at radius 3 is 2.08 bits per heavy atom. The molecule has 0 bridgehead atoms. The maximum absolute atomic E-state index is 11.8. The molecule has 9 heteroatoms. The summed E-state index contributed by atoms with van der Waals surface area (Å²) in [6, 6.07) is 0. The molecule has 8 atom stereocenters. The van der Waals surface area contributed by atoms with Crippen molar-refractivity contribution in [1.29, 1.82) is 0 Å². The van der Waals surface area contributed by atoms with Crippen molar-refractivity contribution in [3.8, 4) is 0 Å². The Balaban J connectivity index is 1.61. The quantitative estimate of drug-likeness (QED) is 0.593. The molecule has 4 fully saturated rings. The van der Waals surface area contributed by atoms with Gasteiger partial charge in [0.15, 0.2) is 24.0 Å². The summed E-state index contributed by atoms with van der Waals surface area (Å²) < 4.78 is 35.0. The first-order chi connectivity index (χ1) is 11.6. The van der Waals surface area contributed by atoms with E-state index in [9.17, 15) is 15.0 Å². The highest BCUT2D eigenvalue weighted by atomic mass is 16.9. The van der Waals surface area contributed by atoms with Crippen LogP contribution in [-0.2, 0) is 33.2 Å². The van der Waals surface area contributed by atoms with Gasteiger partial charge in [-0.2, -0.15) is 0 Å². The van der Waals surface area contributed by atoms with Gasteiger partial charge in [-0.05, 0) is 27.7 Å². The molecule has 4 saturated heterocycles. The predicted octanol–water partition coefficient (Wildman–Crippen LogP) is -0.580. The highest BCUT2D eigenvalue weighted by Crippen LogP contribution is 2.45. The van der Waals surface area contributed by atoms with E-state index in [-0.39, 0.29) is 6.42 Å². The third-order valence-electron chi connectivity index (χ3n) is 4.90. The van der Waals surface area contributed by atoms with E-state index in [1.54, 1.807) is 27.7 Å². The fraction of sp³-hybridized carbons (Fsp3) is 0.938. The molecular weight excluding hydrogens is 336 g/mol. The van der Waals surface area contributed by atoms with Crippen molar-refractivity contribution >= 4 is 5.97 Å². The van der Waals surface area contributed by atoms with Crippen molar-refractivity contribution in [1.82, 2.24) is 0 Å². The van der Waals surface area contributed by atoms with Crippen LogP contribution in [0.3, 0.4) is 0 Å². The van der Waals surface area contributed by atoms with Crippen LogP contribution in [0.4, 0.5) is 0 Å². The molecule has 142 valence electrons. The lowest BCUT2D eigenvalue weighted by Gasteiger charge is -2.42. The van der Waals surface area contributed by atoms with E-state index in [1.165, 1.54) is 0 Å². The minimum absolute atomic E-state index is 0.0339. The minimum atomic E-state index is -1.55. The number of aliphatic hydroxyl groups is 2. The molecular formula is C16H24O9. The molecule has 0 radical (unpaired) electrons. The molecule has 0 aromatic heterocycles. The topological polar surface area (TPSA) is 113 Å². The van der Waals surface area contributed by atoms with Crippen LogP contribution >= 0.6 is 0 Å². The summed E-state index contributed by atoms with van der Waals surface area (Å²) >= 11 is 0. The summed E-state index contributed by atoms with van der Waals surface area (Å²) in [5.41, 5.74) is 0. The number of ether oxygens (including phenoxy) is 6. The molecule has 0 aromatic rings. The van der Waals surface area contributed by atoms with Crippen molar-refractivity contribution in [2.45, 2.75) is 94.7 Å². The Hall–Kier alpha value is -0.810. The van der Waals surface area contributed by atoms with Crippen LogP contribution in [0.5, 0.6) is 0 Å². The third-order valence-corrected chi connectivity index (χ3v) is 4.90. The molecule has 25 heavy (non-hydrogen) atoms. The molecule has 4 aliphatic heterocycles. The van der Waals surface area contributed by atoms with Crippen molar-refractivity contribution in [3.05, 3.63) is 0 Å². The monoisotopic (exact) mass is 360 g/mol. The highest BCUT2D eigenvalue weighted by molar-refractivity contribution is 5.76. The minimum Gasteiger partial charge on any atom is -0.457 e. The Morgan fingerprint density at radius 2 is 1.44 bits per heavy atom. The molecule has 4 heterocycles. The van der Waals surface area contributed by atoms with Gasteiger partial charge in [-0.3, -0.25) is 0 Å². The number of aliphatic hydroxyl groups excluding tert-OH is 2. The van der Waals surface area contributed by atoms with Gasteiger partial charge in [0, 0.05) is 6.42 Å². The Bertz CT molecular complexity index is 562. The first-order valence-electron chi connectivity index (χ1n) is 8.50. The van der Waals surface area contributed by atoms with Crippen LogP contribution in [-0.4, -0.2) is 76.8 Å². The van der Waals surface area contributed by atoms with Crippen LogP contribution in [0.25, 0.3) is 0 Å². The average Bonchev–Trinajstić information content (AvgIpc) is 2.97. The largest absolute Gasteiger partial charge is 0.457 e. The number of carbonyl (C=O) groups excluding carboxylic acids is 1. The van der Waals surface area contributed by atoms with E-state index in [0.717, 1.165) is 0 Å². The lowest BCUT2D eigenvalue weighted by Crippen LogP contribution is -2.61. The van der Waals surface area contributed by atoms with Gasteiger partial charge in [0.2, 0.25) is 0 Å². The van der Waals surface area contributed by atoms with Crippen LogP contribution in [0.15, 0.2) is 0 Å². The second kappa shape index (κ2) is 5.59. The molecule has 0 unspecified atom stereocenters. The first kappa shape index (κ1) is 17.6. The van der Waals surface area contributed by atoms with Crippen molar-refractivity contribution in [2.24, 2.45) is 0 Å². The maximum atomic E-state index is 11.8. The van der Waals surface area contributed by atoms with Gasteiger partial charge in [-0.1, -0.05) is 0 Å². The van der Waals surface area contributed by atoms with Crippen LogP contribution in [0.2, 0.25) is 0 Å². The molecule has 0 amide bonds. The normalized spacial score (nSPS) is 50.9. The zero-order valence-electron chi connectivity index (χ0n) is 14.6. The van der Waals surface area contributed by atoms with Gasteiger partial charge >= 0.3 is 5.97 Å². The summed E-state index contributed by atoms with van der Waals surface area (Å²) in [6.07, 6.45) is -6.46. The first-order valence-corrected chi connectivity index (χ1v) is 8.50. The molecule has 4 aliphatic rings. The number of rotatable bonds is 1. The second-order valence-electron chi connectivity index (χ2n) is 7.86. The lowest BCUT2D eigenvalue weighted by molar-refractivity contribution is -0.265. The van der Waals surface area contributed by atoms with Crippen molar-refractivity contribution in [2.75, 3.05) is 0 Å². The van der Waals surface area contributed by atoms with E-state index >= 15 is 0 Å². The summed E-state index contributed by atoms with van der Waals surface area (Å²) in [6.45, 7) is 7.12. The molecule has 0 aromatic carbocycles. The van der Waals surface area contributed by atoms with Crippen LogP contribution in [0.1, 0.15) is 34.1 Å². The zero-order chi connectivity index (χ0) is 18.1. The van der Waals surface area contributed by atoms with E-state index in [1.807, 2.05) is 0 Å². The van der Waals surface area contributed by atoms with Gasteiger partial charge in [-0.15, -0.1) is 0 Å². The summed E-state index contributed by atoms with van der Waals surface area (Å²) in [5.74, 6) is -2.59. The Labute approximate surface area is 145 Å². The molecule has 2 N–H and O–H groups in total. The van der Waals surface area contributed by atoms with E-state index in [2.05, 4.69) is 0 Å². The SMILES string of the molecule is CC1(C)O[C@@H]2[C@H](O1)[C@H]1OC(C)(C)O[C@H]1O[C@@H]2[C@H]1C[C@H](O)[C@H](O)C(=O)O1. The Morgan fingerprint density at radius 1 is 0.880 bits per heavy atom. The van der Waals surface area contributed by atoms with Crippen LogP contribution < -0.4 is 0 Å². The summed E-state index contributed by atoms with van der Waals surface area (Å²) in [5, 5.41) is 19.5. The number of fused-ring (bicyclic) bond motifs is 3. The molecule has 0 saturated carbocycles. The molecule has 4 rings (SSSR count). The fourth-order valence-electron chi connectivity index (χ4n) is 3.93.